The topological polar surface area (TPSA) is 66.5 Å². The molecule has 0 aromatic heterocycles. The molecule has 168 valence electrons. The number of hydrogen-bond donors (Lipinski definition) is 1. The maximum atomic E-state index is 13.5. The average Bonchev–Trinajstić information content (AvgIpc) is 2.78. The molecule has 0 aliphatic rings. The third kappa shape index (κ3) is 5.16. The van der Waals surface area contributed by atoms with Gasteiger partial charge in [-0.15, -0.1) is 0 Å². The lowest BCUT2D eigenvalue weighted by atomic mass is 10.0. The molecule has 0 bridgehead atoms. The minimum atomic E-state index is -4.05. The zero-order chi connectivity index (χ0) is 23.3. The van der Waals surface area contributed by atoms with E-state index in [0.29, 0.717) is 5.69 Å². The molecule has 3 aromatic rings. The van der Waals surface area contributed by atoms with Crippen molar-refractivity contribution in [1.82, 2.24) is 0 Å². The number of para-hydroxylation sites is 1. The summed E-state index contributed by atoms with van der Waals surface area (Å²) in [6.07, 6.45) is 1.46. The van der Waals surface area contributed by atoms with Crippen molar-refractivity contribution in [3.63, 3.8) is 0 Å². The second-order valence-electron chi connectivity index (χ2n) is 7.51. The summed E-state index contributed by atoms with van der Waals surface area (Å²) in [5.74, 6) is -0.962. The summed E-state index contributed by atoms with van der Waals surface area (Å²) < 4.78 is 41.3. The standard InChI is InChI=1S/C25H27FN2O3S/c1-4-19-7-6-8-20(5-2)25(19)27-24(29)17-28(22-13-11-21(26)12-14-22)32(30,31)23-15-9-18(3)10-16-23/h6-16H,4-5,17H2,1-3H3,(H,27,29). The van der Waals surface area contributed by atoms with Gasteiger partial charge in [0.05, 0.1) is 10.6 Å². The van der Waals surface area contributed by atoms with Crippen LogP contribution in [0.15, 0.2) is 71.6 Å². The van der Waals surface area contributed by atoms with E-state index in [0.717, 1.165) is 33.8 Å². The molecule has 0 radical (unpaired) electrons. The van der Waals surface area contributed by atoms with Crippen molar-refractivity contribution in [3.8, 4) is 0 Å². The van der Waals surface area contributed by atoms with Crippen LogP contribution in [-0.4, -0.2) is 20.9 Å². The fourth-order valence-electron chi connectivity index (χ4n) is 3.47. The smallest absolute Gasteiger partial charge is 0.264 e. The normalized spacial score (nSPS) is 11.2. The maximum Gasteiger partial charge on any atom is 0.264 e. The van der Waals surface area contributed by atoms with Gasteiger partial charge < -0.3 is 5.32 Å². The number of rotatable bonds is 8. The highest BCUT2D eigenvalue weighted by Crippen LogP contribution is 2.26. The van der Waals surface area contributed by atoms with Crippen molar-refractivity contribution < 1.29 is 17.6 Å². The van der Waals surface area contributed by atoms with Gasteiger partial charge in [-0.2, -0.15) is 0 Å². The second-order valence-corrected chi connectivity index (χ2v) is 9.37. The van der Waals surface area contributed by atoms with Crippen LogP contribution < -0.4 is 9.62 Å². The molecule has 0 aliphatic heterocycles. The third-order valence-corrected chi connectivity index (χ3v) is 7.06. The molecule has 3 rings (SSSR count). The molecule has 0 unspecified atom stereocenters. The number of nitrogens with one attached hydrogen (secondary N) is 1. The average molecular weight is 455 g/mol. The van der Waals surface area contributed by atoms with Crippen molar-refractivity contribution in [3.05, 3.63) is 89.2 Å². The summed E-state index contributed by atoms with van der Waals surface area (Å²) in [4.78, 5) is 13.1. The summed E-state index contributed by atoms with van der Waals surface area (Å²) in [5, 5.41) is 2.91. The van der Waals surface area contributed by atoms with E-state index in [2.05, 4.69) is 5.32 Å². The Kier molecular flexibility index (Phi) is 7.30. The van der Waals surface area contributed by atoms with Crippen LogP contribution in [0.4, 0.5) is 15.8 Å². The lowest BCUT2D eigenvalue weighted by Gasteiger charge is -2.25. The Morgan fingerprint density at radius 2 is 1.47 bits per heavy atom. The Bertz CT molecular complexity index is 1170. The van der Waals surface area contributed by atoms with Crippen molar-refractivity contribution in [2.24, 2.45) is 0 Å². The van der Waals surface area contributed by atoms with Gasteiger partial charge in [0, 0.05) is 5.69 Å². The largest absolute Gasteiger partial charge is 0.324 e. The summed E-state index contributed by atoms with van der Waals surface area (Å²) in [6, 6.07) is 17.3. The first-order chi connectivity index (χ1) is 15.3. The fourth-order valence-corrected chi connectivity index (χ4v) is 4.89. The number of carbonyl (C=O) groups excluding carboxylic acids is 1. The molecule has 32 heavy (non-hydrogen) atoms. The fraction of sp³-hybridized carbons (Fsp3) is 0.240. The van der Waals surface area contributed by atoms with E-state index in [1.807, 2.05) is 39.0 Å². The zero-order valence-electron chi connectivity index (χ0n) is 18.4. The molecule has 1 N–H and O–H groups in total. The second kappa shape index (κ2) is 9.96. The van der Waals surface area contributed by atoms with Crippen LogP contribution in [0.2, 0.25) is 0 Å². The molecule has 0 fully saturated rings. The van der Waals surface area contributed by atoms with E-state index in [1.54, 1.807) is 12.1 Å². The van der Waals surface area contributed by atoms with Crippen molar-refractivity contribution >= 4 is 27.3 Å². The Balaban J connectivity index is 1.97. The van der Waals surface area contributed by atoms with E-state index < -0.39 is 28.3 Å². The number of halogens is 1. The van der Waals surface area contributed by atoms with Crippen LogP contribution >= 0.6 is 0 Å². The minimum Gasteiger partial charge on any atom is -0.324 e. The molecule has 1 amide bonds. The van der Waals surface area contributed by atoms with Crippen LogP contribution in [0.3, 0.4) is 0 Å². The lowest BCUT2D eigenvalue weighted by molar-refractivity contribution is -0.114. The van der Waals surface area contributed by atoms with Crippen LogP contribution in [0.25, 0.3) is 0 Å². The number of hydrogen-bond acceptors (Lipinski definition) is 3. The van der Waals surface area contributed by atoms with Gasteiger partial charge in [0.1, 0.15) is 12.4 Å². The molecule has 0 spiro atoms. The first kappa shape index (κ1) is 23.5. The Morgan fingerprint density at radius 3 is 2.00 bits per heavy atom. The number of sulfonamides is 1. The predicted octanol–water partition coefficient (Wildman–Crippen LogP) is 5.09. The van der Waals surface area contributed by atoms with Crippen LogP contribution in [0, 0.1) is 12.7 Å². The first-order valence-electron chi connectivity index (χ1n) is 10.5. The number of amides is 1. The first-order valence-corrected chi connectivity index (χ1v) is 12.0. The van der Waals surface area contributed by atoms with Crippen molar-refractivity contribution in [2.75, 3.05) is 16.2 Å². The van der Waals surface area contributed by atoms with E-state index in [1.165, 1.54) is 36.4 Å². The van der Waals surface area contributed by atoms with Gasteiger partial charge in [0.2, 0.25) is 5.91 Å². The lowest BCUT2D eigenvalue weighted by Crippen LogP contribution is -2.38. The Morgan fingerprint density at radius 1 is 0.906 bits per heavy atom. The molecule has 0 saturated heterocycles. The van der Waals surface area contributed by atoms with Gasteiger partial charge in [0.25, 0.3) is 10.0 Å². The molecule has 0 heterocycles. The summed E-state index contributed by atoms with van der Waals surface area (Å²) in [6.45, 7) is 5.41. The summed E-state index contributed by atoms with van der Waals surface area (Å²) in [7, 11) is -4.05. The maximum absolute atomic E-state index is 13.5. The summed E-state index contributed by atoms with van der Waals surface area (Å²) >= 11 is 0. The Labute approximate surface area is 188 Å². The third-order valence-electron chi connectivity index (χ3n) is 5.27. The van der Waals surface area contributed by atoms with E-state index >= 15 is 0 Å². The zero-order valence-corrected chi connectivity index (χ0v) is 19.2. The van der Waals surface area contributed by atoms with E-state index in [4.69, 9.17) is 0 Å². The molecular weight excluding hydrogens is 427 g/mol. The molecule has 0 saturated carbocycles. The molecule has 5 nitrogen and oxygen atoms in total. The van der Waals surface area contributed by atoms with Gasteiger partial charge >= 0.3 is 0 Å². The predicted molar refractivity (Wildman–Crippen MR) is 126 cm³/mol. The molecule has 0 atom stereocenters. The number of benzene rings is 3. The quantitative estimate of drug-likeness (QED) is 0.515. The highest BCUT2D eigenvalue weighted by molar-refractivity contribution is 7.92. The molecule has 3 aromatic carbocycles. The van der Waals surface area contributed by atoms with Gasteiger partial charge in [-0.25, -0.2) is 12.8 Å². The van der Waals surface area contributed by atoms with Crippen LogP contribution in [0.1, 0.15) is 30.5 Å². The SMILES string of the molecule is CCc1cccc(CC)c1NC(=O)CN(c1ccc(F)cc1)S(=O)(=O)c1ccc(C)cc1. The highest BCUT2D eigenvalue weighted by Gasteiger charge is 2.27. The highest BCUT2D eigenvalue weighted by atomic mass is 32.2. The Hall–Kier alpha value is -3.19. The van der Waals surface area contributed by atoms with Crippen molar-refractivity contribution in [2.45, 2.75) is 38.5 Å². The van der Waals surface area contributed by atoms with Gasteiger partial charge in [-0.05, 0) is 67.3 Å². The molecular formula is C25H27FN2O3S. The number of aryl methyl sites for hydroxylation is 3. The molecule has 0 aliphatic carbocycles. The van der Waals surface area contributed by atoms with E-state index in [-0.39, 0.29) is 10.6 Å². The van der Waals surface area contributed by atoms with Gasteiger partial charge in [-0.3, -0.25) is 9.10 Å². The van der Waals surface area contributed by atoms with E-state index in [9.17, 15) is 17.6 Å². The monoisotopic (exact) mass is 454 g/mol. The summed E-state index contributed by atoms with van der Waals surface area (Å²) in [5.41, 5.74) is 3.80. The molecule has 7 heteroatoms. The van der Waals surface area contributed by atoms with Crippen molar-refractivity contribution in [1.29, 1.82) is 0 Å². The number of nitrogens with zero attached hydrogens (tertiary/aromatic N) is 1. The van der Waals surface area contributed by atoms with Gasteiger partial charge in [0.15, 0.2) is 0 Å². The van der Waals surface area contributed by atoms with Crippen LogP contribution in [-0.2, 0) is 27.7 Å². The number of carbonyl (C=O) groups is 1. The number of anilines is 2. The minimum absolute atomic E-state index is 0.0587. The van der Waals surface area contributed by atoms with Gasteiger partial charge in [-0.1, -0.05) is 49.7 Å². The van der Waals surface area contributed by atoms with Crippen LogP contribution in [0.5, 0.6) is 0 Å².